The number of rotatable bonds is 4. The van der Waals surface area contributed by atoms with Crippen molar-refractivity contribution in [1.29, 1.82) is 0 Å². The van der Waals surface area contributed by atoms with Crippen LogP contribution in [0.1, 0.15) is 26.6 Å². The first-order valence-corrected chi connectivity index (χ1v) is 6.90. The molecule has 0 saturated carbocycles. The van der Waals surface area contributed by atoms with E-state index in [2.05, 4.69) is 4.98 Å². The Morgan fingerprint density at radius 1 is 1.05 bits per heavy atom. The topological polar surface area (TPSA) is 65.1 Å². The summed E-state index contributed by atoms with van der Waals surface area (Å²) >= 11 is 0. The van der Waals surface area contributed by atoms with Crippen LogP contribution < -0.4 is 16.3 Å². The lowest BCUT2D eigenvalue weighted by Crippen LogP contribution is -2.41. The number of hydrogen-bond acceptors (Lipinski definition) is 4. The Morgan fingerprint density at radius 2 is 1.65 bits per heavy atom. The molecule has 0 radical (unpaired) electrons. The Labute approximate surface area is 117 Å². The molecule has 2 heterocycles. The summed E-state index contributed by atoms with van der Waals surface area (Å²) in [6, 6.07) is 0. The monoisotopic (exact) mass is 279 g/mol. The molecule has 0 aromatic carbocycles. The molecule has 7 nitrogen and oxygen atoms in total. The maximum Gasteiger partial charge on any atom is 0.332 e. The highest BCUT2D eigenvalue weighted by Crippen LogP contribution is 2.12. The van der Waals surface area contributed by atoms with Gasteiger partial charge in [0.05, 0.1) is 0 Å². The first kappa shape index (κ1) is 14.4. The van der Waals surface area contributed by atoms with Crippen molar-refractivity contribution in [3.8, 4) is 0 Å². The molecule has 0 aliphatic rings. The number of imidazole rings is 1. The van der Waals surface area contributed by atoms with E-state index in [1.165, 1.54) is 11.6 Å². The van der Waals surface area contributed by atoms with Gasteiger partial charge in [0.15, 0.2) is 11.2 Å². The molecule has 0 atom stereocenters. The summed E-state index contributed by atoms with van der Waals surface area (Å²) in [6.07, 6.45) is 0.697. The van der Waals surface area contributed by atoms with Crippen molar-refractivity contribution in [2.45, 2.75) is 27.2 Å². The normalized spacial score (nSPS) is 11.2. The molecule has 0 unspecified atom stereocenters. The van der Waals surface area contributed by atoms with Gasteiger partial charge in [0.1, 0.15) is 5.82 Å². The Bertz CT molecular complexity index is 749. The second-order valence-electron chi connectivity index (χ2n) is 4.71. The van der Waals surface area contributed by atoms with Crippen molar-refractivity contribution in [1.82, 2.24) is 18.8 Å². The SMILES string of the molecule is CCc1nc2c(c(=O)n(C)c(=O)n2C)n1N(CC)CC. The van der Waals surface area contributed by atoms with Gasteiger partial charge in [-0.15, -0.1) is 0 Å². The molecular formula is C13H21N5O2. The zero-order valence-corrected chi connectivity index (χ0v) is 12.7. The number of fused-ring (bicyclic) bond motifs is 1. The molecule has 0 aliphatic carbocycles. The lowest BCUT2D eigenvalue weighted by atomic mass is 10.4. The van der Waals surface area contributed by atoms with E-state index in [1.807, 2.05) is 30.5 Å². The van der Waals surface area contributed by atoms with E-state index in [0.717, 1.165) is 23.5 Å². The zero-order chi connectivity index (χ0) is 15.0. The highest BCUT2D eigenvalue weighted by atomic mass is 16.2. The Balaban J connectivity index is 3.00. The van der Waals surface area contributed by atoms with E-state index in [0.29, 0.717) is 17.6 Å². The zero-order valence-electron chi connectivity index (χ0n) is 12.7. The van der Waals surface area contributed by atoms with Crippen LogP contribution in [0.15, 0.2) is 9.59 Å². The Morgan fingerprint density at radius 3 is 2.15 bits per heavy atom. The smallest absolute Gasteiger partial charge is 0.311 e. The van der Waals surface area contributed by atoms with Crippen molar-refractivity contribution in [3.63, 3.8) is 0 Å². The second-order valence-corrected chi connectivity index (χ2v) is 4.71. The first-order valence-electron chi connectivity index (χ1n) is 6.90. The van der Waals surface area contributed by atoms with Gasteiger partial charge in [-0.05, 0) is 13.8 Å². The average molecular weight is 279 g/mol. The molecule has 0 amide bonds. The molecule has 0 N–H and O–H groups in total. The highest BCUT2D eigenvalue weighted by molar-refractivity contribution is 5.71. The standard InChI is InChI=1S/C13H21N5O2/c1-6-9-14-11-10(18(9)17(7-2)8-3)12(19)16(5)13(20)15(11)4/h6-8H2,1-5H3. The van der Waals surface area contributed by atoms with Crippen LogP contribution in [0.4, 0.5) is 0 Å². The Hall–Kier alpha value is -2.05. The summed E-state index contributed by atoms with van der Waals surface area (Å²) in [7, 11) is 3.14. The van der Waals surface area contributed by atoms with Gasteiger partial charge in [-0.1, -0.05) is 6.92 Å². The minimum absolute atomic E-state index is 0.304. The van der Waals surface area contributed by atoms with Crippen molar-refractivity contribution in [2.75, 3.05) is 18.1 Å². The minimum atomic E-state index is -0.352. The summed E-state index contributed by atoms with van der Waals surface area (Å²) in [4.78, 5) is 28.9. The van der Waals surface area contributed by atoms with Crippen molar-refractivity contribution in [2.24, 2.45) is 14.1 Å². The van der Waals surface area contributed by atoms with Crippen LogP contribution in [0, 0.1) is 0 Å². The molecule has 2 aromatic heterocycles. The van der Waals surface area contributed by atoms with Crippen LogP contribution >= 0.6 is 0 Å². The van der Waals surface area contributed by atoms with Gasteiger partial charge in [0.25, 0.3) is 5.56 Å². The molecular weight excluding hydrogens is 258 g/mol. The largest absolute Gasteiger partial charge is 0.332 e. The van der Waals surface area contributed by atoms with E-state index in [-0.39, 0.29) is 11.2 Å². The fraction of sp³-hybridized carbons (Fsp3) is 0.615. The van der Waals surface area contributed by atoms with Gasteiger partial charge in [-0.2, -0.15) is 0 Å². The molecule has 20 heavy (non-hydrogen) atoms. The van der Waals surface area contributed by atoms with Crippen molar-refractivity contribution < 1.29 is 0 Å². The predicted octanol–water partition coefficient (Wildman–Crippen LogP) is -0.0261. The van der Waals surface area contributed by atoms with Gasteiger partial charge in [0.2, 0.25) is 0 Å². The minimum Gasteiger partial charge on any atom is -0.311 e. The summed E-state index contributed by atoms with van der Waals surface area (Å²) in [5, 5.41) is 2.04. The highest BCUT2D eigenvalue weighted by Gasteiger charge is 2.20. The number of aromatic nitrogens is 4. The van der Waals surface area contributed by atoms with Crippen LogP contribution in [0.2, 0.25) is 0 Å². The van der Waals surface area contributed by atoms with Crippen LogP contribution in [0.3, 0.4) is 0 Å². The third-order valence-electron chi connectivity index (χ3n) is 3.63. The lowest BCUT2D eigenvalue weighted by Gasteiger charge is -2.24. The molecule has 0 aliphatic heterocycles. The summed E-state index contributed by atoms with van der Waals surface area (Å²) in [5.41, 5.74) is 0.258. The van der Waals surface area contributed by atoms with Crippen LogP contribution in [0.5, 0.6) is 0 Å². The van der Waals surface area contributed by atoms with Gasteiger partial charge in [0, 0.05) is 33.6 Å². The van der Waals surface area contributed by atoms with Crippen LogP contribution in [0.25, 0.3) is 11.2 Å². The average Bonchev–Trinajstić information content (AvgIpc) is 2.84. The molecule has 110 valence electrons. The van der Waals surface area contributed by atoms with E-state index >= 15 is 0 Å². The number of aryl methyl sites for hydroxylation is 2. The third kappa shape index (κ3) is 1.85. The Kier molecular flexibility index (Phi) is 3.69. The molecule has 0 fully saturated rings. The van der Waals surface area contributed by atoms with E-state index < -0.39 is 0 Å². The third-order valence-corrected chi connectivity index (χ3v) is 3.63. The molecule has 2 aromatic rings. The maximum atomic E-state index is 12.4. The molecule has 0 bridgehead atoms. The fourth-order valence-corrected chi connectivity index (χ4v) is 2.47. The van der Waals surface area contributed by atoms with Gasteiger partial charge in [-0.3, -0.25) is 13.9 Å². The van der Waals surface area contributed by atoms with E-state index in [1.54, 1.807) is 7.05 Å². The van der Waals surface area contributed by atoms with Crippen LogP contribution in [-0.2, 0) is 20.5 Å². The molecule has 7 heteroatoms. The first-order chi connectivity index (χ1) is 9.47. The predicted molar refractivity (Wildman–Crippen MR) is 78.9 cm³/mol. The van der Waals surface area contributed by atoms with Crippen molar-refractivity contribution >= 4 is 11.2 Å². The van der Waals surface area contributed by atoms with Gasteiger partial charge >= 0.3 is 5.69 Å². The maximum absolute atomic E-state index is 12.4. The number of hydrogen-bond donors (Lipinski definition) is 0. The molecule has 2 rings (SSSR count). The van der Waals surface area contributed by atoms with Crippen molar-refractivity contribution in [3.05, 3.63) is 26.7 Å². The van der Waals surface area contributed by atoms with Gasteiger partial charge < -0.3 is 5.01 Å². The van der Waals surface area contributed by atoms with E-state index in [9.17, 15) is 9.59 Å². The number of nitrogens with zero attached hydrogens (tertiary/aromatic N) is 5. The summed E-state index contributed by atoms with van der Waals surface area (Å²) < 4.78 is 4.41. The summed E-state index contributed by atoms with van der Waals surface area (Å²) in [6.45, 7) is 7.58. The second kappa shape index (κ2) is 5.15. The fourth-order valence-electron chi connectivity index (χ4n) is 2.47. The van der Waals surface area contributed by atoms with E-state index in [4.69, 9.17) is 0 Å². The van der Waals surface area contributed by atoms with Crippen LogP contribution in [-0.4, -0.2) is 31.9 Å². The molecule has 0 spiro atoms. The lowest BCUT2D eigenvalue weighted by molar-refractivity contribution is 0.602. The summed E-state index contributed by atoms with van der Waals surface area (Å²) in [5.74, 6) is 0.794. The molecule has 0 saturated heterocycles. The quantitative estimate of drug-likeness (QED) is 0.788. The van der Waals surface area contributed by atoms with Gasteiger partial charge in [-0.25, -0.2) is 14.5 Å².